The van der Waals surface area contributed by atoms with Gasteiger partial charge in [0, 0.05) is 45.3 Å². The second kappa shape index (κ2) is 11.3. The maximum absolute atomic E-state index is 11.5. The molecule has 0 bridgehead atoms. The highest BCUT2D eigenvalue weighted by molar-refractivity contribution is 14.0. The summed E-state index contributed by atoms with van der Waals surface area (Å²) in [6.07, 6.45) is 5.74. The van der Waals surface area contributed by atoms with Gasteiger partial charge in [-0.2, -0.15) is 5.10 Å². The minimum atomic E-state index is -3.14. The fourth-order valence-electron chi connectivity index (χ4n) is 2.51. The molecule has 0 saturated heterocycles. The summed E-state index contributed by atoms with van der Waals surface area (Å²) >= 11 is 0. The molecule has 0 amide bonds. The van der Waals surface area contributed by atoms with Crippen molar-refractivity contribution in [2.24, 2.45) is 10.9 Å². The Morgan fingerprint density at radius 1 is 1.26 bits per heavy atom. The van der Waals surface area contributed by atoms with Gasteiger partial charge in [0.2, 0.25) is 0 Å². The predicted octanol–water partition coefficient (Wildman–Crippen LogP) is 1.95. The van der Waals surface area contributed by atoms with Crippen LogP contribution in [0.2, 0.25) is 0 Å². The average Bonchev–Trinajstić information content (AvgIpc) is 3.10. The smallest absolute Gasteiger partial charge is 0.190 e. The fraction of sp³-hybridized carbons (Fsp3) is 0.444. The Morgan fingerprint density at radius 2 is 1.96 bits per heavy atom. The molecule has 1 aromatic heterocycles. The van der Waals surface area contributed by atoms with E-state index >= 15 is 0 Å². The Morgan fingerprint density at radius 3 is 2.52 bits per heavy atom. The van der Waals surface area contributed by atoms with Crippen molar-refractivity contribution < 1.29 is 8.42 Å². The number of benzene rings is 1. The topological polar surface area (TPSA) is 88.4 Å². The molecule has 2 rings (SSSR count). The number of hydrogen-bond acceptors (Lipinski definition) is 4. The highest BCUT2D eigenvalue weighted by Gasteiger charge is 2.07. The lowest BCUT2D eigenvalue weighted by atomic mass is 10.1. The molecule has 1 unspecified atom stereocenters. The van der Waals surface area contributed by atoms with Crippen LogP contribution in [0.25, 0.3) is 0 Å². The van der Waals surface area contributed by atoms with Gasteiger partial charge in [-0.3, -0.25) is 9.67 Å². The predicted molar refractivity (Wildman–Crippen MR) is 119 cm³/mol. The van der Waals surface area contributed by atoms with E-state index in [2.05, 4.69) is 27.6 Å². The first-order chi connectivity index (χ1) is 12.4. The highest BCUT2D eigenvalue weighted by atomic mass is 127. The third-order valence-corrected chi connectivity index (χ3v) is 5.09. The zero-order chi connectivity index (χ0) is 19.0. The quantitative estimate of drug-likeness (QED) is 0.326. The van der Waals surface area contributed by atoms with Crippen LogP contribution in [0.5, 0.6) is 0 Å². The molecular formula is C18H28IN5O2S. The first kappa shape index (κ1) is 23.4. The molecule has 0 aliphatic heterocycles. The molecule has 0 aliphatic rings. The van der Waals surface area contributed by atoms with Gasteiger partial charge >= 0.3 is 0 Å². The Labute approximate surface area is 178 Å². The molecule has 7 nitrogen and oxygen atoms in total. The summed E-state index contributed by atoms with van der Waals surface area (Å²) in [4.78, 5) is 4.57. The molecule has 1 heterocycles. The van der Waals surface area contributed by atoms with Gasteiger partial charge in [-0.25, -0.2) is 8.42 Å². The maximum atomic E-state index is 11.5. The molecule has 1 atom stereocenters. The van der Waals surface area contributed by atoms with Crippen molar-refractivity contribution in [3.8, 4) is 0 Å². The summed E-state index contributed by atoms with van der Waals surface area (Å²) in [6, 6.07) is 8.91. The molecule has 0 saturated carbocycles. The van der Waals surface area contributed by atoms with Crippen molar-refractivity contribution >= 4 is 39.8 Å². The van der Waals surface area contributed by atoms with Crippen LogP contribution >= 0.6 is 24.0 Å². The molecule has 0 radical (unpaired) electrons. The van der Waals surface area contributed by atoms with Crippen molar-refractivity contribution in [1.29, 1.82) is 0 Å². The molecular weight excluding hydrogens is 477 g/mol. The molecule has 0 fully saturated rings. The van der Waals surface area contributed by atoms with E-state index in [1.165, 1.54) is 6.26 Å². The van der Waals surface area contributed by atoms with Gasteiger partial charge in [0.15, 0.2) is 15.8 Å². The molecule has 9 heteroatoms. The number of nitrogens with zero attached hydrogens (tertiary/aromatic N) is 3. The lowest BCUT2D eigenvalue weighted by Gasteiger charge is -2.16. The van der Waals surface area contributed by atoms with Gasteiger partial charge in [-0.05, 0) is 36.1 Å². The van der Waals surface area contributed by atoms with Crippen LogP contribution in [0.1, 0.15) is 12.5 Å². The van der Waals surface area contributed by atoms with Crippen molar-refractivity contribution in [2.45, 2.75) is 24.8 Å². The number of aliphatic imine (C=N–C) groups is 1. The molecule has 0 aliphatic carbocycles. The molecule has 2 aromatic rings. The minimum absolute atomic E-state index is 0. The summed E-state index contributed by atoms with van der Waals surface area (Å²) < 4.78 is 24.9. The van der Waals surface area contributed by atoms with Crippen LogP contribution in [0, 0.1) is 5.92 Å². The number of aromatic nitrogens is 2. The number of halogens is 1. The number of hydrogen-bond donors (Lipinski definition) is 2. The van der Waals surface area contributed by atoms with E-state index in [0.717, 1.165) is 31.0 Å². The number of rotatable bonds is 8. The van der Waals surface area contributed by atoms with Crippen molar-refractivity contribution in [1.82, 2.24) is 20.4 Å². The van der Waals surface area contributed by atoms with Crippen molar-refractivity contribution in [3.05, 3.63) is 48.3 Å². The minimum Gasteiger partial charge on any atom is -0.356 e. The standard InChI is InChI=1S/C18H27N5O2S.HI/c1-15(14-23-12-4-10-22-23)13-21-18(19-2)20-11-9-16-5-7-17(8-6-16)26(3,24)25;/h4-8,10,12,15H,9,11,13-14H2,1-3H3,(H2,19,20,21);1H. The van der Waals surface area contributed by atoms with Crippen LogP contribution in [-0.4, -0.2) is 50.6 Å². The van der Waals surface area contributed by atoms with E-state index in [1.54, 1.807) is 25.4 Å². The summed E-state index contributed by atoms with van der Waals surface area (Å²) in [6.45, 7) is 4.52. The zero-order valence-electron chi connectivity index (χ0n) is 15.9. The fourth-order valence-corrected chi connectivity index (χ4v) is 3.14. The van der Waals surface area contributed by atoms with Crippen LogP contribution in [0.4, 0.5) is 0 Å². The number of guanidine groups is 1. The van der Waals surface area contributed by atoms with Gasteiger partial charge in [0.05, 0.1) is 4.90 Å². The van der Waals surface area contributed by atoms with Crippen molar-refractivity contribution in [2.75, 3.05) is 26.4 Å². The van der Waals surface area contributed by atoms with E-state index in [4.69, 9.17) is 0 Å². The molecule has 1 aromatic carbocycles. The zero-order valence-corrected chi connectivity index (χ0v) is 19.1. The summed E-state index contributed by atoms with van der Waals surface area (Å²) in [5, 5.41) is 10.8. The normalized spacial score (nSPS) is 12.9. The summed E-state index contributed by atoms with van der Waals surface area (Å²) in [7, 11) is -1.40. The first-order valence-electron chi connectivity index (χ1n) is 8.59. The van der Waals surface area contributed by atoms with E-state index in [9.17, 15) is 8.42 Å². The molecule has 2 N–H and O–H groups in total. The SMILES string of the molecule is CN=C(NCCc1ccc(S(C)(=O)=O)cc1)NCC(C)Cn1cccn1.I. The van der Waals surface area contributed by atoms with Gasteiger partial charge in [-0.15, -0.1) is 24.0 Å². The Balaban J connectivity index is 0.00000364. The summed E-state index contributed by atoms with van der Waals surface area (Å²) in [5.74, 6) is 1.17. The van der Waals surface area contributed by atoms with E-state index in [1.807, 2.05) is 29.1 Å². The van der Waals surface area contributed by atoms with Gasteiger partial charge in [0.25, 0.3) is 0 Å². The monoisotopic (exact) mass is 505 g/mol. The average molecular weight is 505 g/mol. The van der Waals surface area contributed by atoms with Crippen LogP contribution in [0.3, 0.4) is 0 Å². The van der Waals surface area contributed by atoms with E-state index < -0.39 is 9.84 Å². The van der Waals surface area contributed by atoms with Crippen LogP contribution in [0.15, 0.2) is 52.6 Å². The third kappa shape index (κ3) is 8.29. The molecule has 0 spiro atoms. The lowest BCUT2D eigenvalue weighted by Crippen LogP contribution is -2.40. The van der Waals surface area contributed by atoms with Crippen molar-refractivity contribution in [3.63, 3.8) is 0 Å². The second-order valence-corrected chi connectivity index (χ2v) is 8.40. The van der Waals surface area contributed by atoms with E-state index in [-0.39, 0.29) is 24.0 Å². The second-order valence-electron chi connectivity index (χ2n) is 6.38. The Bertz CT molecular complexity index is 805. The first-order valence-corrected chi connectivity index (χ1v) is 10.5. The van der Waals surface area contributed by atoms with Gasteiger partial charge < -0.3 is 10.6 Å². The third-order valence-electron chi connectivity index (χ3n) is 3.96. The number of sulfone groups is 1. The largest absolute Gasteiger partial charge is 0.356 e. The molecule has 27 heavy (non-hydrogen) atoms. The van der Waals surface area contributed by atoms with E-state index in [0.29, 0.717) is 17.4 Å². The summed E-state index contributed by atoms with van der Waals surface area (Å²) in [5.41, 5.74) is 1.08. The lowest BCUT2D eigenvalue weighted by molar-refractivity contribution is 0.443. The molecule has 150 valence electrons. The van der Waals surface area contributed by atoms with Crippen LogP contribution < -0.4 is 10.6 Å². The van der Waals surface area contributed by atoms with Gasteiger partial charge in [0.1, 0.15) is 0 Å². The Kier molecular flexibility index (Phi) is 9.78. The number of nitrogens with one attached hydrogen (secondary N) is 2. The maximum Gasteiger partial charge on any atom is 0.190 e. The van der Waals surface area contributed by atoms with Crippen LogP contribution in [-0.2, 0) is 22.8 Å². The van der Waals surface area contributed by atoms with Gasteiger partial charge in [-0.1, -0.05) is 19.1 Å². The highest BCUT2D eigenvalue weighted by Crippen LogP contribution is 2.10. The Hall–Kier alpha value is -1.62.